The molecule has 3 N–H and O–H groups in total. The summed E-state index contributed by atoms with van der Waals surface area (Å²) in [6.45, 7) is 2.14. The van der Waals surface area contributed by atoms with E-state index in [-0.39, 0.29) is 6.10 Å². The van der Waals surface area contributed by atoms with Gasteiger partial charge in [0.25, 0.3) is 0 Å². The zero-order valence-electron chi connectivity index (χ0n) is 12.8. The van der Waals surface area contributed by atoms with E-state index in [4.69, 9.17) is 15.5 Å². The van der Waals surface area contributed by atoms with E-state index in [2.05, 4.69) is 12.2 Å². The van der Waals surface area contributed by atoms with Crippen molar-refractivity contribution in [1.82, 2.24) is 0 Å². The predicted octanol–water partition coefficient (Wildman–Crippen LogP) is 3.97. The SMILES string of the molecule is CCC1Oc2ccc(N)cc2NC1=NC1CCCCCC1. The van der Waals surface area contributed by atoms with Crippen LogP contribution in [0.25, 0.3) is 0 Å². The maximum absolute atomic E-state index is 6.07. The van der Waals surface area contributed by atoms with Crippen LogP contribution in [0.3, 0.4) is 0 Å². The van der Waals surface area contributed by atoms with Crippen molar-refractivity contribution in [3.8, 4) is 5.75 Å². The second kappa shape index (κ2) is 6.37. The van der Waals surface area contributed by atoms with Crippen molar-refractivity contribution in [2.75, 3.05) is 11.1 Å². The summed E-state index contributed by atoms with van der Waals surface area (Å²) in [5, 5.41) is 3.45. The van der Waals surface area contributed by atoms with E-state index >= 15 is 0 Å². The molecule has 3 rings (SSSR count). The summed E-state index contributed by atoms with van der Waals surface area (Å²) < 4.78 is 6.07. The number of anilines is 2. The topological polar surface area (TPSA) is 59.6 Å². The molecule has 0 spiro atoms. The van der Waals surface area contributed by atoms with Gasteiger partial charge in [0.1, 0.15) is 11.6 Å². The van der Waals surface area contributed by atoms with Crippen LogP contribution < -0.4 is 15.8 Å². The summed E-state index contributed by atoms with van der Waals surface area (Å²) in [5.41, 5.74) is 7.55. The molecule has 1 heterocycles. The first kappa shape index (κ1) is 14.2. The lowest BCUT2D eigenvalue weighted by Crippen LogP contribution is -2.37. The number of hydrogen-bond donors (Lipinski definition) is 2. The number of aliphatic imine (C=N–C) groups is 1. The van der Waals surface area contributed by atoms with Crippen molar-refractivity contribution >= 4 is 17.2 Å². The van der Waals surface area contributed by atoms with E-state index in [0.29, 0.717) is 6.04 Å². The minimum absolute atomic E-state index is 0.0318. The third-order valence-corrected chi connectivity index (χ3v) is 4.36. The lowest BCUT2D eigenvalue weighted by molar-refractivity contribution is 0.257. The van der Waals surface area contributed by atoms with Crippen LogP contribution in [0.1, 0.15) is 51.9 Å². The van der Waals surface area contributed by atoms with Gasteiger partial charge in [0.15, 0.2) is 6.10 Å². The van der Waals surface area contributed by atoms with Crippen molar-refractivity contribution in [2.24, 2.45) is 4.99 Å². The fourth-order valence-corrected chi connectivity index (χ4v) is 3.15. The Balaban J connectivity index is 1.83. The van der Waals surface area contributed by atoms with Crippen molar-refractivity contribution in [1.29, 1.82) is 0 Å². The highest BCUT2D eigenvalue weighted by molar-refractivity contribution is 6.02. The molecule has 1 aromatic carbocycles. The molecule has 21 heavy (non-hydrogen) atoms. The van der Waals surface area contributed by atoms with Crippen molar-refractivity contribution < 1.29 is 4.74 Å². The highest BCUT2D eigenvalue weighted by Crippen LogP contribution is 2.33. The number of rotatable bonds is 2. The van der Waals surface area contributed by atoms with E-state index in [1.807, 2.05) is 18.2 Å². The van der Waals surface area contributed by atoms with Gasteiger partial charge < -0.3 is 15.8 Å². The van der Waals surface area contributed by atoms with Gasteiger partial charge in [-0.05, 0) is 37.5 Å². The summed E-state index contributed by atoms with van der Waals surface area (Å²) >= 11 is 0. The highest BCUT2D eigenvalue weighted by Gasteiger charge is 2.25. The molecule has 1 aliphatic heterocycles. The lowest BCUT2D eigenvalue weighted by Gasteiger charge is -2.29. The van der Waals surface area contributed by atoms with Crippen molar-refractivity contribution in [2.45, 2.75) is 64.0 Å². The normalized spacial score (nSPS) is 24.8. The summed E-state index contributed by atoms with van der Waals surface area (Å²) in [6.07, 6.45) is 8.64. The third kappa shape index (κ3) is 3.31. The van der Waals surface area contributed by atoms with Gasteiger partial charge in [0.2, 0.25) is 0 Å². The molecule has 1 unspecified atom stereocenters. The molecule has 0 bridgehead atoms. The molecule has 4 heteroatoms. The summed E-state index contributed by atoms with van der Waals surface area (Å²) in [6, 6.07) is 6.17. The number of nitrogen functional groups attached to an aromatic ring is 1. The smallest absolute Gasteiger partial charge is 0.155 e. The molecule has 2 aliphatic rings. The molecule has 1 fully saturated rings. The number of hydrogen-bond acceptors (Lipinski definition) is 3. The lowest BCUT2D eigenvalue weighted by atomic mass is 10.1. The van der Waals surface area contributed by atoms with Crippen LogP contribution in [0, 0.1) is 0 Å². The highest BCUT2D eigenvalue weighted by atomic mass is 16.5. The van der Waals surface area contributed by atoms with Gasteiger partial charge in [-0.15, -0.1) is 0 Å². The van der Waals surface area contributed by atoms with Gasteiger partial charge in [0.05, 0.1) is 11.7 Å². The van der Waals surface area contributed by atoms with Crippen molar-refractivity contribution in [3.05, 3.63) is 18.2 Å². The number of ether oxygens (including phenoxy) is 1. The van der Waals surface area contributed by atoms with Gasteiger partial charge in [-0.3, -0.25) is 4.99 Å². The fourth-order valence-electron chi connectivity index (χ4n) is 3.15. The summed E-state index contributed by atoms with van der Waals surface area (Å²) in [5.74, 6) is 1.85. The Kier molecular flexibility index (Phi) is 4.32. The number of amidine groups is 1. The molecule has 1 aromatic rings. The standard InChI is InChI=1S/C17H25N3O/c1-2-15-17(19-13-7-5-3-4-6-8-13)20-14-11-12(18)9-10-16(14)21-15/h9-11,13,15H,2-8,18H2,1H3,(H,19,20). The van der Waals surface area contributed by atoms with Gasteiger partial charge in [-0.1, -0.05) is 32.6 Å². The van der Waals surface area contributed by atoms with E-state index in [1.54, 1.807) is 0 Å². The van der Waals surface area contributed by atoms with Crippen LogP contribution in [-0.2, 0) is 0 Å². The average molecular weight is 287 g/mol. The van der Waals surface area contributed by atoms with Crippen LogP contribution in [0.15, 0.2) is 23.2 Å². The zero-order chi connectivity index (χ0) is 14.7. The molecule has 1 saturated carbocycles. The molecular weight excluding hydrogens is 262 g/mol. The quantitative estimate of drug-likeness (QED) is 0.639. The molecule has 1 aliphatic carbocycles. The maximum Gasteiger partial charge on any atom is 0.155 e. The van der Waals surface area contributed by atoms with Crippen LogP contribution in [0.5, 0.6) is 5.75 Å². The first-order chi connectivity index (χ1) is 10.3. The largest absolute Gasteiger partial charge is 0.480 e. The van der Waals surface area contributed by atoms with Gasteiger partial charge in [-0.2, -0.15) is 0 Å². The number of benzene rings is 1. The van der Waals surface area contributed by atoms with Crippen molar-refractivity contribution in [3.63, 3.8) is 0 Å². The van der Waals surface area contributed by atoms with Crippen LogP contribution in [-0.4, -0.2) is 18.0 Å². The average Bonchev–Trinajstić information content (AvgIpc) is 2.75. The van der Waals surface area contributed by atoms with E-state index in [0.717, 1.165) is 29.4 Å². The molecule has 0 radical (unpaired) electrons. The summed E-state index contributed by atoms with van der Waals surface area (Å²) in [4.78, 5) is 4.98. The minimum Gasteiger partial charge on any atom is -0.480 e. The molecule has 0 aromatic heterocycles. The number of fused-ring (bicyclic) bond motifs is 1. The second-order valence-electron chi connectivity index (χ2n) is 6.06. The van der Waals surface area contributed by atoms with Crippen LogP contribution in [0.2, 0.25) is 0 Å². The van der Waals surface area contributed by atoms with E-state index < -0.39 is 0 Å². The van der Waals surface area contributed by atoms with E-state index in [9.17, 15) is 0 Å². The maximum atomic E-state index is 6.07. The molecule has 4 nitrogen and oxygen atoms in total. The van der Waals surface area contributed by atoms with Crippen LogP contribution in [0.4, 0.5) is 11.4 Å². The molecular formula is C17H25N3O. The van der Waals surface area contributed by atoms with Gasteiger partial charge >= 0.3 is 0 Å². The Morgan fingerprint density at radius 3 is 2.71 bits per heavy atom. The Labute approximate surface area is 126 Å². The van der Waals surface area contributed by atoms with Gasteiger partial charge in [-0.25, -0.2) is 0 Å². The van der Waals surface area contributed by atoms with E-state index in [1.165, 1.54) is 38.5 Å². The zero-order valence-corrected chi connectivity index (χ0v) is 12.8. The second-order valence-corrected chi connectivity index (χ2v) is 6.06. The van der Waals surface area contributed by atoms with Crippen LogP contribution >= 0.6 is 0 Å². The minimum atomic E-state index is 0.0318. The van der Waals surface area contributed by atoms with Gasteiger partial charge in [0, 0.05) is 5.69 Å². The number of nitrogens with two attached hydrogens (primary N) is 1. The Bertz CT molecular complexity index is 519. The Hall–Kier alpha value is -1.71. The first-order valence-corrected chi connectivity index (χ1v) is 8.17. The number of nitrogens with zero attached hydrogens (tertiary/aromatic N) is 1. The molecule has 114 valence electrons. The monoisotopic (exact) mass is 287 g/mol. The first-order valence-electron chi connectivity index (χ1n) is 8.17. The number of nitrogens with one attached hydrogen (secondary N) is 1. The Morgan fingerprint density at radius 2 is 2.00 bits per heavy atom. The summed E-state index contributed by atoms with van der Waals surface area (Å²) in [7, 11) is 0. The predicted molar refractivity (Wildman–Crippen MR) is 88.1 cm³/mol. The molecule has 1 atom stereocenters. The Morgan fingerprint density at radius 1 is 1.24 bits per heavy atom. The molecule has 0 saturated heterocycles. The third-order valence-electron chi connectivity index (χ3n) is 4.36. The molecule has 0 amide bonds. The fraction of sp³-hybridized carbons (Fsp3) is 0.588.